The van der Waals surface area contributed by atoms with Gasteiger partial charge in [0.1, 0.15) is 12.6 Å². The summed E-state index contributed by atoms with van der Waals surface area (Å²) in [5, 5.41) is 1.92. The first-order valence-corrected chi connectivity index (χ1v) is 10.4. The van der Waals surface area contributed by atoms with Crippen LogP contribution in [0.1, 0.15) is 16.5 Å². The third-order valence-electron chi connectivity index (χ3n) is 5.11. The maximum absolute atomic E-state index is 13.5. The number of benzene rings is 2. The number of rotatable bonds is 6. The summed E-state index contributed by atoms with van der Waals surface area (Å²) in [6, 6.07) is 18.0. The summed E-state index contributed by atoms with van der Waals surface area (Å²) in [4.78, 5) is 30.7. The first-order chi connectivity index (χ1) is 14.6. The molecule has 30 heavy (non-hydrogen) atoms. The zero-order valence-electron chi connectivity index (χ0n) is 16.8. The molecule has 1 aliphatic heterocycles. The Bertz CT molecular complexity index is 1040. The quantitative estimate of drug-likeness (QED) is 0.605. The van der Waals surface area contributed by atoms with Gasteiger partial charge in [0.2, 0.25) is 5.91 Å². The van der Waals surface area contributed by atoms with Crippen LogP contribution < -0.4 is 14.4 Å². The lowest BCUT2D eigenvalue weighted by Crippen LogP contribution is -2.55. The predicted octanol–water partition coefficient (Wildman–Crippen LogP) is 3.88. The number of para-hydroxylation sites is 1. The number of anilines is 1. The number of piperazine rings is 1. The highest BCUT2D eigenvalue weighted by Gasteiger charge is 2.41. The lowest BCUT2D eigenvalue weighted by Gasteiger charge is -2.40. The Hall–Kier alpha value is -3.32. The lowest BCUT2D eigenvalue weighted by molar-refractivity contribution is -0.144. The number of methoxy groups -OCH3 is 2. The van der Waals surface area contributed by atoms with Crippen LogP contribution in [0.25, 0.3) is 0 Å². The second-order valence-electron chi connectivity index (χ2n) is 6.89. The molecular weight excluding hydrogens is 400 g/mol. The monoisotopic (exact) mass is 422 g/mol. The summed E-state index contributed by atoms with van der Waals surface area (Å²) in [7, 11) is 3.15. The Morgan fingerprint density at radius 1 is 0.967 bits per heavy atom. The molecule has 3 aromatic rings. The number of nitrogens with zero attached hydrogens (tertiary/aromatic N) is 2. The standard InChI is InChI=1S/C23H22N2O4S/c1-28-18-11-10-16(13-19(18)29-2)14-25-21(26)15-24(17-7-4-3-5-8-17)23(27)22(25)20-9-6-12-30-20/h3-13,22H,14-15H2,1-2H3/t22-/m1/s1. The molecule has 0 spiro atoms. The van der Waals surface area contributed by atoms with Gasteiger partial charge in [0.15, 0.2) is 11.5 Å². The molecule has 0 saturated carbocycles. The minimum absolute atomic E-state index is 0.0119. The molecule has 0 N–H and O–H groups in total. The van der Waals surface area contributed by atoms with Crippen molar-refractivity contribution >= 4 is 28.8 Å². The van der Waals surface area contributed by atoms with Gasteiger partial charge < -0.3 is 19.3 Å². The molecule has 7 heteroatoms. The minimum Gasteiger partial charge on any atom is -0.493 e. The molecule has 0 unspecified atom stereocenters. The van der Waals surface area contributed by atoms with Crippen molar-refractivity contribution in [3.8, 4) is 11.5 Å². The van der Waals surface area contributed by atoms with Crippen LogP contribution in [-0.4, -0.2) is 37.5 Å². The van der Waals surface area contributed by atoms with Gasteiger partial charge in [0, 0.05) is 17.1 Å². The zero-order chi connectivity index (χ0) is 21.1. The van der Waals surface area contributed by atoms with Crippen LogP contribution in [0.3, 0.4) is 0 Å². The molecule has 2 aromatic carbocycles. The summed E-state index contributed by atoms with van der Waals surface area (Å²) >= 11 is 1.47. The van der Waals surface area contributed by atoms with E-state index in [1.54, 1.807) is 30.1 Å². The van der Waals surface area contributed by atoms with Crippen LogP contribution in [0.5, 0.6) is 11.5 Å². The fourth-order valence-corrected chi connectivity index (χ4v) is 4.46. The number of hydrogen-bond acceptors (Lipinski definition) is 5. The molecule has 0 aliphatic carbocycles. The van der Waals surface area contributed by atoms with Gasteiger partial charge in [-0.1, -0.05) is 30.3 Å². The van der Waals surface area contributed by atoms with Gasteiger partial charge in [-0.25, -0.2) is 0 Å². The van der Waals surface area contributed by atoms with Crippen molar-refractivity contribution in [2.75, 3.05) is 25.7 Å². The van der Waals surface area contributed by atoms with E-state index >= 15 is 0 Å². The van der Waals surface area contributed by atoms with Crippen molar-refractivity contribution in [2.45, 2.75) is 12.6 Å². The fourth-order valence-electron chi connectivity index (χ4n) is 3.63. The third kappa shape index (κ3) is 3.76. The highest BCUT2D eigenvalue weighted by Crippen LogP contribution is 2.35. The normalized spacial score (nSPS) is 16.7. The molecule has 6 nitrogen and oxygen atoms in total. The number of ether oxygens (including phenoxy) is 2. The first kappa shape index (κ1) is 20.0. The van der Waals surface area contributed by atoms with E-state index in [1.807, 2.05) is 60.0 Å². The number of hydrogen-bond donors (Lipinski definition) is 0. The van der Waals surface area contributed by atoms with Crippen LogP contribution in [-0.2, 0) is 16.1 Å². The minimum atomic E-state index is -0.667. The molecule has 1 saturated heterocycles. The first-order valence-electron chi connectivity index (χ1n) is 9.52. The SMILES string of the molecule is COc1ccc(CN2C(=O)CN(c3ccccc3)C(=O)[C@H]2c2cccs2)cc1OC. The average Bonchev–Trinajstić information content (AvgIpc) is 3.31. The molecule has 154 valence electrons. The maximum Gasteiger partial charge on any atom is 0.255 e. The van der Waals surface area contributed by atoms with Crippen molar-refractivity contribution in [1.29, 1.82) is 0 Å². The third-order valence-corrected chi connectivity index (χ3v) is 6.03. The van der Waals surface area contributed by atoms with Crippen molar-refractivity contribution in [3.05, 3.63) is 76.5 Å². The number of carbonyl (C=O) groups excluding carboxylic acids is 2. The summed E-state index contributed by atoms with van der Waals surface area (Å²) < 4.78 is 10.7. The zero-order valence-corrected chi connectivity index (χ0v) is 17.6. The smallest absolute Gasteiger partial charge is 0.255 e. The predicted molar refractivity (Wildman–Crippen MR) is 116 cm³/mol. The van der Waals surface area contributed by atoms with E-state index in [0.29, 0.717) is 18.0 Å². The van der Waals surface area contributed by atoms with Gasteiger partial charge in [-0.3, -0.25) is 9.59 Å². The topological polar surface area (TPSA) is 59.1 Å². The molecule has 2 amide bonds. The second kappa shape index (κ2) is 8.59. The van der Waals surface area contributed by atoms with Crippen LogP contribution in [0.15, 0.2) is 66.0 Å². The van der Waals surface area contributed by atoms with Crippen molar-refractivity contribution < 1.29 is 19.1 Å². The Kier molecular flexibility index (Phi) is 5.72. The van der Waals surface area contributed by atoms with E-state index < -0.39 is 6.04 Å². The molecule has 1 fully saturated rings. The number of carbonyl (C=O) groups is 2. The van der Waals surface area contributed by atoms with Gasteiger partial charge in [-0.2, -0.15) is 0 Å². The fraction of sp³-hybridized carbons (Fsp3) is 0.217. The molecule has 4 rings (SSSR count). The Morgan fingerprint density at radius 2 is 1.73 bits per heavy atom. The van der Waals surface area contributed by atoms with Crippen LogP contribution >= 0.6 is 11.3 Å². The number of amides is 2. The molecular formula is C23H22N2O4S. The number of thiophene rings is 1. The van der Waals surface area contributed by atoms with Gasteiger partial charge in [-0.05, 0) is 41.3 Å². The largest absolute Gasteiger partial charge is 0.493 e. The van der Waals surface area contributed by atoms with Gasteiger partial charge in [0.25, 0.3) is 5.91 Å². The lowest BCUT2D eigenvalue weighted by atomic mass is 10.1. The van der Waals surface area contributed by atoms with Gasteiger partial charge in [-0.15, -0.1) is 11.3 Å². The van der Waals surface area contributed by atoms with Gasteiger partial charge in [0.05, 0.1) is 14.2 Å². The average molecular weight is 423 g/mol. The highest BCUT2D eigenvalue weighted by atomic mass is 32.1. The van der Waals surface area contributed by atoms with Crippen LogP contribution in [0.2, 0.25) is 0 Å². The Morgan fingerprint density at radius 3 is 2.40 bits per heavy atom. The molecule has 0 bridgehead atoms. The molecule has 0 radical (unpaired) electrons. The van der Waals surface area contributed by atoms with Gasteiger partial charge >= 0.3 is 0 Å². The summed E-state index contributed by atoms with van der Waals surface area (Å²) in [5.41, 5.74) is 1.59. The molecule has 1 atom stereocenters. The molecule has 1 aliphatic rings. The maximum atomic E-state index is 13.5. The second-order valence-corrected chi connectivity index (χ2v) is 7.87. The highest BCUT2D eigenvalue weighted by molar-refractivity contribution is 7.10. The van der Waals surface area contributed by atoms with E-state index in [0.717, 1.165) is 16.1 Å². The van der Waals surface area contributed by atoms with E-state index in [9.17, 15) is 9.59 Å². The van der Waals surface area contributed by atoms with E-state index in [2.05, 4.69) is 0 Å². The van der Waals surface area contributed by atoms with Crippen molar-refractivity contribution in [1.82, 2.24) is 4.90 Å². The van der Waals surface area contributed by atoms with E-state index in [1.165, 1.54) is 11.3 Å². The molecule has 1 aromatic heterocycles. The summed E-state index contributed by atoms with van der Waals surface area (Å²) in [6.45, 7) is 0.314. The Labute approximate surface area is 179 Å². The van der Waals surface area contributed by atoms with Crippen LogP contribution in [0, 0.1) is 0 Å². The van der Waals surface area contributed by atoms with Crippen molar-refractivity contribution in [2.24, 2.45) is 0 Å². The summed E-state index contributed by atoms with van der Waals surface area (Å²) in [5.74, 6) is 0.993. The van der Waals surface area contributed by atoms with E-state index in [4.69, 9.17) is 9.47 Å². The Balaban J connectivity index is 1.68. The van der Waals surface area contributed by atoms with Crippen molar-refractivity contribution in [3.63, 3.8) is 0 Å². The summed E-state index contributed by atoms with van der Waals surface area (Å²) in [6.07, 6.45) is 0. The van der Waals surface area contributed by atoms with E-state index in [-0.39, 0.29) is 18.4 Å². The molecule has 2 heterocycles. The van der Waals surface area contributed by atoms with Crippen LogP contribution in [0.4, 0.5) is 5.69 Å².